The van der Waals surface area contributed by atoms with E-state index in [0.29, 0.717) is 36.0 Å². The molecule has 0 spiro atoms. The van der Waals surface area contributed by atoms with Crippen LogP contribution in [0.2, 0.25) is 0 Å². The van der Waals surface area contributed by atoms with Crippen molar-refractivity contribution in [1.82, 2.24) is 0 Å². The number of carbonyl (C=O) groups excluding carboxylic acids is 3. The first kappa shape index (κ1) is 39.6. The summed E-state index contributed by atoms with van der Waals surface area (Å²) in [6, 6.07) is 14.9. The molecule has 2 atom stereocenters. The second-order valence-corrected chi connectivity index (χ2v) is 16.5. The highest BCUT2D eigenvalue weighted by Crippen LogP contribution is 2.49. The largest absolute Gasteiger partial charge is 0.514 e. The number of ether oxygens (including phenoxy) is 6. The van der Waals surface area contributed by atoms with Gasteiger partial charge in [0.05, 0.1) is 19.3 Å². The Bertz CT molecular complexity index is 1450. The number of esters is 1. The van der Waals surface area contributed by atoms with Crippen molar-refractivity contribution in [2.75, 3.05) is 20.3 Å². The van der Waals surface area contributed by atoms with Crippen molar-refractivity contribution in [2.24, 2.45) is 29.1 Å². The average Bonchev–Trinajstić information content (AvgIpc) is 3.14. The Morgan fingerprint density at radius 2 is 1.08 bits per heavy atom. The summed E-state index contributed by atoms with van der Waals surface area (Å²) in [5.41, 5.74) is 1.98. The molecule has 0 bridgehead atoms. The summed E-state index contributed by atoms with van der Waals surface area (Å²) in [5.74, 6) is 2.47. The van der Waals surface area contributed by atoms with Crippen LogP contribution in [0.15, 0.2) is 48.5 Å². The first-order chi connectivity index (χ1) is 24.8. The number of methoxy groups -OCH3 is 1. The summed E-state index contributed by atoms with van der Waals surface area (Å²) in [4.78, 5) is 36.3. The van der Waals surface area contributed by atoms with Gasteiger partial charge in [0.25, 0.3) is 0 Å². The number of hydrogen-bond donors (Lipinski definition) is 0. The smallest absolute Gasteiger partial charge is 0.466 e. The van der Waals surface area contributed by atoms with Gasteiger partial charge >= 0.3 is 18.3 Å². The van der Waals surface area contributed by atoms with Crippen LogP contribution >= 0.6 is 0 Å². The molecule has 9 nitrogen and oxygen atoms in total. The molecule has 0 amide bonds. The zero-order chi connectivity index (χ0) is 37.3. The van der Waals surface area contributed by atoms with Crippen molar-refractivity contribution in [3.8, 4) is 11.5 Å². The fraction of sp³-hybridized carbons (Fsp3) is 0.651. The molecular weight excluding hydrogens is 660 g/mol. The van der Waals surface area contributed by atoms with Crippen LogP contribution in [0.3, 0.4) is 0 Å². The summed E-state index contributed by atoms with van der Waals surface area (Å²) in [6.07, 6.45) is 11.4. The van der Waals surface area contributed by atoms with Gasteiger partial charge in [-0.25, -0.2) is 9.59 Å². The highest BCUT2D eigenvalue weighted by molar-refractivity contribution is 5.66. The third kappa shape index (κ3) is 10.7. The molecule has 0 aromatic heterocycles. The first-order valence-corrected chi connectivity index (χ1v) is 19.4. The van der Waals surface area contributed by atoms with Crippen LogP contribution in [0.1, 0.15) is 123 Å². The minimum absolute atomic E-state index is 0.111. The Hall–Kier alpha value is -3.59. The molecule has 286 valence electrons. The van der Waals surface area contributed by atoms with Crippen LogP contribution in [0.5, 0.6) is 11.5 Å². The number of hydrogen-bond acceptors (Lipinski definition) is 9. The SMILES string of the molecule is COC1CCC(C(C)(C)C2CCC(OC(=O)Oc3ccc(C(C)(C)c4ccc(OC(=O)OCC5CCCC(COC(C)=O)C5)cc4)cc3)CC2)CC1. The van der Waals surface area contributed by atoms with Crippen molar-refractivity contribution in [2.45, 2.75) is 129 Å². The molecule has 0 radical (unpaired) electrons. The lowest BCUT2D eigenvalue weighted by atomic mass is 9.60. The molecule has 3 aliphatic rings. The molecule has 5 rings (SSSR count). The Kier molecular flexibility index (Phi) is 13.7. The lowest BCUT2D eigenvalue weighted by molar-refractivity contribution is -0.142. The molecule has 0 N–H and O–H groups in total. The maximum Gasteiger partial charge on any atom is 0.514 e. The second-order valence-electron chi connectivity index (χ2n) is 16.5. The number of carbonyl (C=O) groups is 3. The Labute approximate surface area is 310 Å². The highest BCUT2D eigenvalue weighted by atomic mass is 16.7. The van der Waals surface area contributed by atoms with E-state index in [4.69, 9.17) is 28.4 Å². The van der Waals surface area contributed by atoms with Gasteiger partial charge in [-0.05, 0) is 135 Å². The van der Waals surface area contributed by atoms with E-state index in [1.165, 1.54) is 19.8 Å². The fourth-order valence-corrected chi connectivity index (χ4v) is 8.85. The summed E-state index contributed by atoms with van der Waals surface area (Å²) < 4.78 is 33.0. The number of benzene rings is 2. The van der Waals surface area contributed by atoms with Gasteiger partial charge in [-0.2, -0.15) is 0 Å². The lowest BCUT2D eigenvalue weighted by Crippen LogP contribution is -2.39. The zero-order valence-electron chi connectivity index (χ0n) is 32.2. The van der Waals surface area contributed by atoms with Gasteiger partial charge in [-0.1, -0.05) is 58.4 Å². The maximum atomic E-state index is 12.7. The van der Waals surface area contributed by atoms with E-state index in [0.717, 1.165) is 81.3 Å². The van der Waals surface area contributed by atoms with Crippen LogP contribution in [0, 0.1) is 29.1 Å². The Morgan fingerprint density at radius 3 is 1.56 bits per heavy atom. The predicted octanol–water partition coefficient (Wildman–Crippen LogP) is 10.2. The van der Waals surface area contributed by atoms with Gasteiger partial charge in [0, 0.05) is 19.4 Å². The lowest BCUT2D eigenvalue weighted by Gasteiger charge is -2.46. The molecule has 2 unspecified atom stereocenters. The summed E-state index contributed by atoms with van der Waals surface area (Å²) in [5, 5.41) is 0. The third-order valence-corrected chi connectivity index (χ3v) is 12.5. The Morgan fingerprint density at radius 1 is 0.615 bits per heavy atom. The quantitative estimate of drug-likeness (QED) is 0.120. The van der Waals surface area contributed by atoms with E-state index in [-0.39, 0.29) is 35.4 Å². The average molecular weight is 721 g/mol. The standard InChI is InChI=1S/C43H60O9/c1-29(44)48-27-30-8-7-9-31(26-30)28-49-40(45)50-37-20-12-33(13-21-37)43(4,5)35-16-24-39(25-17-35)52-41(46)51-38-22-14-34(15-23-38)42(2,3)32-10-18-36(47-6)19-11-32/h12-13,16-17,20-21,24-25,30-32,34,36,38H,7-11,14-15,18-19,22-23,26-28H2,1-6H3. The topological polar surface area (TPSA) is 107 Å². The molecule has 0 heterocycles. The van der Waals surface area contributed by atoms with E-state index in [1.54, 1.807) is 24.3 Å². The van der Waals surface area contributed by atoms with Gasteiger partial charge in [-0.3, -0.25) is 4.79 Å². The van der Waals surface area contributed by atoms with Crippen LogP contribution in [0.4, 0.5) is 9.59 Å². The second kappa shape index (κ2) is 18.0. The monoisotopic (exact) mass is 720 g/mol. The molecule has 3 saturated carbocycles. The minimum Gasteiger partial charge on any atom is -0.466 e. The van der Waals surface area contributed by atoms with Crippen LogP contribution in [0.25, 0.3) is 0 Å². The Balaban J connectivity index is 1.04. The third-order valence-electron chi connectivity index (χ3n) is 12.5. The van der Waals surface area contributed by atoms with Gasteiger partial charge in [0.1, 0.15) is 17.6 Å². The summed E-state index contributed by atoms with van der Waals surface area (Å²) in [6.45, 7) is 11.2. The zero-order valence-corrected chi connectivity index (χ0v) is 32.2. The maximum absolute atomic E-state index is 12.7. The van der Waals surface area contributed by atoms with Crippen molar-refractivity contribution in [3.63, 3.8) is 0 Å². The molecule has 2 aromatic rings. The van der Waals surface area contributed by atoms with E-state index >= 15 is 0 Å². The van der Waals surface area contributed by atoms with Crippen LogP contribution in [-0.2, 0) is 29.2 Å². The van der Waals surface area contributed by atoms with Gasteiger partial charge in [-0.15, -0.1) is 0 Å². The van der Waals surface area contributed by atoms with Crippen molar-refractivity contribution >= 4 is 18.3 Å². The van der Waals surface area contributed by atoms with E-state index < -0.39 is 12.3 Å². The van der Waals surface area contributed by atoms with Crippen LogP contribution < -0.4 is 9.47 Å². The molecule has 0 saturated heterocycles. The van der Waals surface area contributed by atoms with Gasteiger partial charge < -0.3 is 28.4 Å². The first-order valence-electron chi connectivity index (χ1n) is 19.4. The molecule has 0 aliphatic heterocycles. The number of rotatable bonds is 12. The predicted molar refractivity (Wildman–Crippen MR) is 198 cm³/mol. The molecule has 3 aliphatic carbocycles. The molecule has 3 fully saturated rings. The summed E-state index contributed by atoms with van der Waals surface area (Å²) >= 11 is 0. The van der Waals surface area contributed by atoms with Crippen molar-refractivity contribution in [3.05, 3.63) is 59.7 Å². The van der Waals surface area contributed by atoms with E-state index in [2.05, 4.69) is 27.7 Å². The normalized spacial score (nSPS) is 25.4. The molecule has 2 aromatic carbocycles. The fourth-order valence-electron chi connectivity index (χ4n) is 8.85. The molecule has 9 heteroatoms. The molecular formula is C43H60O9. The molecule has 52 heavy (non-hydrogen) atoms. The van der Waals surface area contributed by atoms with Gasteiger partial charge in [0.15, 0.2) is 0 Å². The minimum atomic E-state index is -0.726. The van der Waals surface area contributed by atoms with Crippen LogP contribution in [-0.4, -0.2) is 50.8 Å². The highest BCUT2D eigenvalue weighted by Gasteiger charge is 2.41. The van der Waals surface area contributed by atoms with Gasteiger partial charge in [0.2, 0.25) is 0 Å². The summed E-state index contributed by atoms with van der Waals surface area (Å²) in [7, 11) is 1.83. The van der Waals surface area contributed by atoms with Crippen molar-refractivity contribution in [1.29, 1.82) is 0 Å². The van der Waals surface area contributed by atoms with E-state index in [1.807, 2.05) is 31.4 Å². The van der Waals surface area contributed by atoms with Crippen molar-refractivity contribution < 1.29 is 42.8 Å². The van der Waals surface area contributed by atoms with E-state index in [9.17, 15) is 14.4 Å².